The second-order valence-electron chi connectivity index (χ2n) is 7.20. The highest BCUT2D eigenvalue weighted by atomic mass is 19.4. The largest absolute Gasteiger partial charge is 0.508 e. The van der Waals surface area contributed by atoms with Crippen LogP contribution in [0.4, 0.5) is 13.2 Å². The van der Waals surface area contributed by atoms with Gasteiger partial charge in [-0.05, 0) is 72.7 Å². The smallest absolute Gasteiger partial charge is 0.416 e. The van der Waals surface area contributed by atoms with Gasteiger partial charge < -0.3 is 10.4 Å². The second kappa shape index (κ2) is 8.17. The summed E-state index contributed by atoms with van der Waals surface area (Å²) in [6, 6.07) is 10.9. The van der Waals surface area contributed by atoms with E-state index in [0.29, 0.717) is 17.9 Å². The molecule has 0 aromatic heterocycles. The molecule has 144 valence electrons. The fourth-order valence-corrected chi connectivity index (χ4v) is 3.67. The molecule has 0 radical (unpaired) electrons. The Kier molecular flexibility index (Phi) is 5.90. The van der Waals surface area contributed by atoms with Crippen molar-refractivity contribution in [3.8, 4) is 5.75 Å². The Bertz CT molecular complexity index is 807. The molecule has 1 heterocycles. The minimum absolute atomic E-state index is 0.332. The van der Waals surface area contributed by atoms with Gasteiger partial charge in [0.25, 0.3) is 0 Å². The van der Waals surface area contributed by atoms with Crippen molar-refractivity contribution in [1.29, 1.82) is 0 Å². The van der Waals surface area contributed by atoms with Crippen molar-refractivity contribution in [2.45, 2.75) is 31.9 Å². The van der Waals surface area contributed by atoms with E-state index in [-0.39, 0.29) is 5.75 Å². The molecule has 3 rings (SSSR count). The molecule has 0 spiro atoms. The minimum atomic E-state index is -4.46. The van der Waals surface area contributed by atoms with E-state index in [1.54, 1.807) is 0 Å². The predicted octanol–water partition coefficient (Wildman–Crippen LogP) is 5.40. The number of piperidine rings is 1. The van der Waals surface area contributed by atoms with Crippen LogP contribution in [-0.4, -0.2) is 18.2 Å². The highest BCUT2D eigenvalue weighted by Gasteiger charge is 2.31. The van der Waals surface area contributed by atoms with Gasteiger partial charge >= 0.3 is 6.18 Å². The SMILES string of the molecule is C=C(CC1CCCNC1)c1ccccc1Cc1ccc(C(F)(F)F)cc1O. The molecule has 2 aromatic carbocycles. The lowest BCUT2D eigenvalue weighted by atomic mass is 9.87. The first kappa shape index (κ1) is 19.5. The lowest BCUT2D eigenvalue weighted by Crippen LogP contribution is -2.29. The molecule has 2 nitrogen and oxygen atoms in total. The first-order valence-electron chi connectivity index (χ1n) is 9.20. The summed E-state index contributed by atoms with van der Waals surface area (Å²) in [5, 5.41) is 13.5. The van der Waals surface area contributed by atoms with Crippen LogP contribution >= 0.6 is 0 Å². The van der Waals surface area contributed by atoms with Crippen molar-refractivity contribution in [3.63, 3.8) is 0 Å². The summed E-state index contributed by atoms with van der Waals surface area (Å²) >= 11 is 0. The van der Waals surface area contributed by atoms with Crippen LogP contribution < -0.4 is 5.32 Å². The average molecular weight is 375 g/mol. The Balaban J connectivity index is 1.79. The zero-order valence-corrected chi connectivity index (χ0v) is 15.1. The molecule has 1 saturated heterocycles. The number of nitrogens with one attached hydrogen (secondary N) is 1. The number of hydrogen-bond acceptors (Lipinski definition) is 2. The molecule has 1 fully saturated rings. The summed E-state index contributed by atoms with van der Waals surface area (Å²) in [7, 11) is 0. The van der Waals surface area contributed by atoms with Crippen LogP contribution in [-0.2, 0) is 12.6 Å². The molecule has 0 saturated carbocycles. The van der Waals surface area contributed by atoms with E-state index in [1.807, 2.05) is 24.3 Å². The first-order chi connectivity index (χ1) is 12.8. The number of phenols is 1. The van der Waals surface area contributed by atoms with Gasteiger partial charge in [-0.1, -0.05) is 36.9 Å². The number of benzene rings is 2. The number of halogens is 3. The molecule has 0 bridgehead atoms. The highest BCUT2D eigenvalue weighted by Crippen LogP contribution is 2.34. The van der Waals surface area contributed by atoms with E-state index in [2.05, 4.69) is 11.9 Å². The van der Waals surface area contributed by atoms with E-state index >= 15 is 0 Å². The lowest BCUT2D eigenvalue weighted by molar-refractivity contribution is -0.137. The Labute approximate surface area is 157 Å². The van der Waals surface area contributed by atoms with E-state index in [9.17, 15) is 18.3 Å². The van der Waals surface area contributed by atoms with Crippen LogP contribution in [0.2, 0.25) is 0 Å². The van der Waals surface area contributed by atoms with Crippen LogP contribution in [0.15, 0.2) is 49.0 Å². The number of alkyl halides is 3. The molecule has 1 aliphatic heterocycles. The van der Waals surface area contributed by atoms with Gasteiger partial charge in [0.05, 0.1) is 5.56 Å². The summed E-state index contributed by atoms with van der Waals surface area (Å²) in [6.45, 7) is 6.30. The summed E-state index contributed by atoms with van der Waals surface area (Å²) in [5.74, 6) is 0.223. The molecule has 1 aliphatic rings. The summed E-state index contributed by atoms with van der Waals surface area (Å²) in [6.07, 6.45) is -0.867. The Morgan fingerprint density at radius 1 is 1.15 bits per heavy atom. The molecule has 5 heteroatoms. The average Bonchev–Trinajstić information content (AvgIpc) is 2.64. The Morgan fingerprint density at radius 2 is 1.93 bits per heavy atom. The fourth-order valence-electron chi connectivity index (χ4n) is 3.67. The number of aromatic hydroxyl groups is 1. The third-order valence-corrected chi connectivity index (χ3v) is 5.13. The van der Waals surface area contributed by atoms with Gasteiger partial charge in [0.15, 0.2) is 0 Å². The van der Waals surface area contributed by atoms with Crippen molar-refractivity contribution in [2.75, 3.05) is 13.1 Å². The summed E-state index contributed by atoms with van der Waals surface area (Å²) < 4.78 is 38.4. The highest BCUT2D eigenvalue weighted by molar-refractivity contribution is 5.67. The lowest BCUT2D eigenvalue weighted by Gasteiger charge is -2.24. The zero-order chi connectivity index (χ0) is 19.4. The molecule has 27 heavy (non-hydrogen) atoms. The van der Waals surface area contributed by atoms with Gasteiger partial charge in [0.2, 0.25) is 0 Å². The van der Waals surface area contributed by atoms with Crippen molar-refractivity contribution < 1.29 is 18.3 Å². The van der Waals surface area contributed by atoms with E-state index in [4.69, 9.17) is 0 Å². The van der Waals surface area contributed by atoms with Crippen LogP contribution in [0.25, 0.3) is 5.57 Å². The van der Waals surface area contributed by atoms with Gasteiger partial charge in [-0.2, -0.15) is 13.2 Å². The maximum absolute atomic E-state index is 12.8. The molecule has 2 N–H and O–H groups in total. The fraction of sp³-hybridized carbons (Fsp3) is 0.364. The third-order valence-electron chi connectivity index (χ3n) is 5.13. The molecular formula is C22H24F3NO. The van der Waals surface area contributed by atoms with Crippen molar-refractivity contribution in [2.24, 2.45) is 5.92 Å². The van der Waals surface area contributed by atoms with Gasteiger partial charge in [0, 0.05) is 6.42 Å². The van der Waals surface area contributed by atoms with Crippen LogP contribution in [0.5, 0.6) is 5.75 Å². The van der Waals surface area contributed by atoms with Crippen molar-refractivity contribution >= 4 is 5.57 Å². The summed E-state index contributed by atoms with van der Waals surface area (Å²) in [5.41, 5.74) is 2.64. The number of hydrogen-bond donors (Lipinski definition) is 2. The van der Waals surface area contributed by atoms with Crippen LogP contribution in [0.1, 0.15) is 41.5 Å². The topological polar surface area (TPSA) is 32.3 Å². The molecule has 0 aliphatic carbocycles. The minimum Gasteiger partial charge on any atom is -0.508 e. The van der Waals surface area contributed by atoms with Gasteiger partial charge in [-0.3, -0.25) is 0 Å². The van der Waals surface area contributed by atoms with Gasteiger partial charge in [-0.25, -0.2) is 0 Å². The monoisotopic (exact) mass is 375 g/mol. The molecule has 0 amide bonds. The van der Waals surface area contributed by atoms with Crippen molar-refractivity contribution in [3.05, 3.63) is 71.3 Å². The number of phenolic OH excluding ortho intramolecular Hbond substituents is 1. The van der Waals surface area contributed by atoms with E-state index in [0.717, 1.165) is 48.3 Å². The van der Waals surface area contributed by atoms with Gasteiger partial charge in [0.1, 0.15) is 5.75 Å². The Hall–Kier alpha value is -2.27. The molecule has 1 unspecified atom stereocenters. The normalized spacial score (nSPS) is 17.7. The second-order valence-corrected chi connectivity index (χ2v) is 7.20. The van der Waals surface area contributed by atoms with E-state index < -0.39 is 11.7 Å². The van der Waals surface area contributed by atoms with Gasteiger partial charge in [-0.15, -0.1) is 0 Å². The Morgan fingerprint density at radius 3 is 2.59 bits per heavy atom. The van der Waals surface area contributed by atoms with Crippen LogP contribution in [0.3, 0.4) is 0 Å². The predicted molar refractivity (Wildman–Crippen MR) is 102 cm³/mol. The third kappa shape index (κ3) is 4.92. The zero-order valence-electron chi connectivity index (χ0n) is 15.1. The maximum atomic E-state index is 12.8. The summed E-state index contributed by atoms with van der Waals surface area (Å²) in [4.78, 5) is 0. The molecule has 2 aromatic rings. The van der Waals surface area contributed by atoms with Crippen molar-refractivity contribution in [1.82, 2.24) is 5.32 Å². The maximum Gasteiger partial charge on any atom is 0.416 e. The van der Waals surface area contributed by atoms with Crippen LogP contribution in [0, 0.1) is 5.92 Å². The first-order valence-corrected chi connectivity index (χ1v) is 9.20. The number of rotatable bonds is 5. The molecule has 1 atom stereocenters. The molecular weight excluding hydrogens is 351 g/mol. The standard InChI is InChI=1S/C22H24F3NO/c1-15(11-16-5-4-10-26-14-16)20-7-3-2-6-17(20)12-18-8-9-19(13-21(18)27)22(23,24)25/h2-3,6-9,13,16,26-27H,1,4-5,10-12,14H2. The quantitative estimate of drug-likeness (QED) is 0.733. The van der Waals surface area contributed by atoms with E-state index in [1.165, 1.54) is 18.9 Å². The number of allylic oxidation sites excluding steroid dienone is 1.